The molecule has 0 amide bonds. The number of aliphatic hydroxyl groups is 1. The van der Waals surface area contributed by atoms with Crippen molar-refractivity contribution in [3.8, 4) is 0 Å². The number of alkyl halides is 1. The first-order valence-electron chi connectivity index (χ1n) is 6.16. The van der Waals surface area contributed by atoms with E-state index in [1.54, 1.807) is 0 Å². The molecule has 0 aliphatic heterocycles. The molecule has 0 saturated carbocycles. The molecule has 0 heterocycles. The molecule has 1 aliphatic rings. The third kappa shape index (κ3) is 4.01. The van der Waals surface area contributed by atoms with E-state index in [2.05, 4.69) is 39.8 Å². The Morgan fingerprint density at radius 2 is 2.18 bits per heavy atom. The van der Waals surface area contributed by atoms with Crippen molar-refractivity contribution in [3.63, 3.8) is 0 Å². The van der Waals surface area contributed by atoms with Crippen LogP contribution < -0.4 is 0 Å². The van der Waals surface area contributed by atoms with Gasteiger partial charge >= 0.3 is 0 Å². The summed E-state index contributed by atoms with van der Waals surface area (Å²) in [5, 5.41) is 9.81. The lowest BCUT2D eigenvalue weighted by molar-refractivity contribution is 0.116. The second kappa shape index (κ2) is 5.88. The number of hydrogen-bond donors (Lipinski definition) is 1. The van der Waals surface area contributed by atoms with E-state index < -0.39 is 0 Å². The van der Waals surface area contributed by atoms with Gasteiger partial charge in [-0.25, -0.2) is 0 Å². The normalized spacial score (nSPS) is 25.8. The summed E-state index contributed by atoms with van der Waals surface area (Å²) in [6.07, 6.45) is 7.73. The zero-order chi connectivity index (χ0) is 13.1. The largest absolute Gasteiger partial charge is 0.393 e. The Hall–Kier alpha value is -0.530. The Labute approximate surface area is 110 Å². The molecule has 0 aromatic rings. The van der Waals surface area contributed by atoms with Crippen LogP contribution in [0.2, 0.25) is 0 Å². The van der Waals surface area contributed by atoms with Gasteiger partial charge < -0.3 is 5.11 Å². The van der Waals surface area contributed by atoms with Gasteiger partial charge in [0.05, 0.1) is 6.10 Å². The van der Waals surface area contributed by atoms with Crippen LogP contribution in [0.5, 0.6) is 0 Å². The van der Waals surface area contributed by atoms with Crippen molar-refractivity contribution in [1.29, 1.82) is 0 Å². The molecule has 0 radical (unpaired) electrons. The Morgan fingerprint density at radius 1 is 1.53 bits per heavy atom. The molecule has 0 bridgehead atoms. The quantitative estimate of drug-likeness (QED) is 0.590. The zero-order valence-corrected chi connectivity index (χ0v) is 12.0. The summed E-state index contributed by atoms with van der Waals surface area (Å²) in [6, 6.07) is 0. The van der Waals surface area contributed by atoms with Gasteiger partial charge in [-0.1, -0.05) is 43.2 Å². The lowest BCUT2D eigenvalue weighted by Crippen LogP contribution is -2.28. The smallest absolute Gasteiger partial charge is 0.0585 e. The number of hydrogen-bond acceptors (Lipinski definition) is 1. The van der Waals surface area contributed by atoms with E-state index in [-0.39, 0.29) is 11.5 Å². The zero-order valence-electron chi connectivity index (χ0n) is 11.3. The highest BCUT2D eigenvalue weighted by Gasteiger charge is 2.31. The third-order valence-corrected chi connectivity index (χ3v) is 3.54. The van der Waals surface area contributed by atoms with Gasteiger partial charge in [0.15, 0.2) is 0 Å². The molecule has 0 aromatic heterocycles. The number of aliphatic hydroxyl groups excluding tert-OH is 1. The van der Waals surface area contributed by atoms with Crippen molar-refractivity contribution < 1.29 is 5.11 Å². The minimum Gasteiger partial charge on any atom is -0.393 e. The lowest BCUT2D eigenvalue weighted by Gasteiger charge is -2.35. The standard InChI is InChI=1S/C15H23ClO/c1-11(7-8-16)5-6-14-12(2)9-13(17)10-15(14,3)4/h5-7,13,17H,8-10H2,1-4H3. The fraction of sp³-hybridized carbons (Fsp3) is 0.600. The Balaban J connectivity index is 2.95. The predicted octanol–water partition coefficient (Wildman–Crippen LogP) is 4.23. The van der Waals surface area contributed by atoms with Crippen molar-refractivity contribution in [2.75, 3.05) is 5.88 Å². The molecule has 0 spiro atoms. The minimum absolute atomic E-state index is 0.0551. The monoisotopic (exact) mass is 254 g/mol. The van der Waals surface area contributed by atoms with Crippen LogP contribution in [-0.4, -0.2) is 17.1 Å². The molecule has 1 N–H and O–H groups in total. The molecule has 1 rings (SSSR count). The third-order valence-electron chi connectivity index (χ3n) is 3.39. The van der Waals surface area contributed by atoms with Crippen molar-refractivity contribution in [1.82, 2.24) is 0 Å². The van der Waals surface area contributed by atoms with E-state index in [0.717, 1.165) is 12.8 Å². The van der Waals surface area contributed by atoms with Gasteiger partial charge in [0.2, 0.25) is 0 Å². The number of halogens is 1. The average molecular weight is 255 g/mol. The summed E-state index contributed by atoms with van der Waals surface area (Å²) in [5.74, 6) is 0.552. The Kier molecular flexibility index (Phi) is 5.03. The fourth-order valence-corrected chi connectivity index (χ4v) is 2.83. The van der Waals surface area contributed by atoms with E-state index in [4.69, 9.17) is 11.6 Å². The van der Waals surface area contributed by atoms with Gasteiger partial charge in [0.1, 0.15) is 0 Å². The molecule has 17 heavy (non-hydrogen) atoms. The van der Waals surface area contributed by atoms with Gasteiger partial charge in [-0.2, -0.15) is 0 Å². The van der Waals surface area contributed by atoms with Crippen LogP contribution in [0.4, 0.5) is 0 Å². The predicted molar refractivity (Wildman–Crippen MR) is 75.3 cm³/mol. The van der Waals surface area contributed by atoms with Crippen molar-refractivity contribution in [2.24, 2.45) is 5.41 Å². The van der Waals surface area contributed by atoms with E-state index >= 15 is 0 Å². The molecule has 2 heteroatoms. The van der Waals surface area contributed by atoms with Crippen LogP contribution in [0.15, 0.2) is 34.9 Å². The van der Waals surface area contributed by atoms with E-state index in [0.29, 0.717) is 5.88 Å². The van der Waals surface area contributed by atoms with Gasteiger partial charge in [-0.3, -0.25) is 0 Å². The second-order valence-electron chi connectivity index (χ2n) is 5.58. The average Bonchev–Trinajstić information content (AvgIpc) is 2.14. The maximum atomic E-state index is 9.81. The van der Waals surface area contributed by atoms with Crippen LogP contribution >= 0.6 is 11.6 Å². The molecular formula is C15H23ClO. The fourth-order valence-electron chi connectivity index (χ4n) is 2.58. The number of rotatable bonds is 3. The topological polar surface area (TPSA) is 20.2 Å². The summed E-state index contributed by atoms with van der Waals surface area (Å²) in [5.41, 5.74) is 3.88. The Bertz CT molecular complexity index is 361. The highest BCUT2D eigenvalue weighted by atomic mass is 35.5. The van der Waals surface area contributed by atoms with Crippen LogP contribution in [-0.2, 0) is 0 Å². The summed E-state index contributed by atoms with van der Waals surface area (Å²) < 4.78 is 0. The van der Waals surface area contributed by atoms with E-state index in [1.807, 2.05) is 6.08 Å². The van der Waals surface area contributed by atoms with Crippen molar-refractivity contribution in [3.05, 3.63) is 34.9 Å². The summed E-state index contributed by atoms with van der Waals surface area (Å²) in [4.78, 5) is 0. The van der Waals surface area contributed by atoms with Gasteiger partial charge in [0, 0.05) is 5.88 Å². The molecular weight excluding hydrogens is 232 g/mol. The van der Waals surface area contributed by atoms with Gasteiger partial charge in [0.25, 0.3) is 0 Å². The first-order valence-corrected chi connectivity index (χ1v) is 6.69. The van der Waals surface area contributed by atoms with Crippen molar-refractivity contribution >= 4 is 11.6 Å². The second-order valence-corrected chi connectivity index (χ2v) is 5.88. The molecule has 1 aliphatic carbocycles. The molecule has 0 aromatic carbocycles. The molecule has 1 atom stereocenters. The van der Waals surface area contributed by atoms with Crippen LogP contribution in [0.1, 0.15) is 40.5 Å². The van der Waals surface area contributed by atoms with Gasteiger partial charge in [-0.05, 0) is 37.7 Å². The Morgan fingerprint density at radius 3 is 2.71 bits per heavy atom. The van der Waals surface area contributed by atoms with Crippen molar-refractivity contribution in [2.45, 2.75) is 46.6 Å². The number of allylic oxidation sites excluding steroid dienone is 5. The SMILES string of the molecule is CC(C=CC1=C(C)CC(O)CC1(C)C)=CCCl. The van der Waals surface area contributed by atoms with Crippen LogP contribution in [0, 0.1) is 5.41 Å². The van der Waals surface area contributed by atoms with E-state index in [1.165, 1.54) is 16.7 Å². The molecule has 0 fully saturated rings. The van der Waals surface area contributed by atoms with Crippen LogP contribution in [0.25, 0.3) is 0 Å². The minimum atomic E-state index is -0.193. The molecule has 96 valence electrons. The maximum Gasteiger partial charge on any atom is 0.0585 e. The molecule has 1 nitrogen and oxygen atoms in total. The molecule has 0 saturated heterocycles. The summed E-state index contributed by atoms with van der Waals surface area (Å²) in [7, 11) is 0. The first kappa shape index (κ1) is 14.5. The highest BCUT2D eigenvalue weighted by Crippen LogP contribution is 2.40. The van der Waals surface area contributed by atoms with Gasteiger partial charge in [-0.15, -0.1) is 11.6 Å². The maximum absolute atomic E-state index is 9.81. The molecule has 1 unspecified atom stereocenters. The van der Waals surface area contributed by atoms with Crippen LogP contribution in [0.3, 0.4) is 0 Å². The summed E-state index contributed by atoms with van der Waals surface area (Å²) >= 11 is 5.67. The van der Waals surface area contributed by atoms with E-state index in [9.17, 15) is 5.11 Å². The highest BCUT2D eigenvalue weighted by molar-refractivity contribution is 6.18. The first-order chi connectivity index (χ1) is 7.86. The summed E-state index contributed by atoms with van der Waals surface area (Å²) in [6.45, 7) is 8.56. The lowest BCUT2D eigenvalue weighted by atomic mass is 9.71.